The highest BCUT2D eigenvalue weighted by atomic mass is 31.2. The van der Waals surface area contributed by atoms with Gasteiger partial charge in [-0.15, -0.1) is 0 Å². The maximum atomic E-state index is 11.9. The Morgan fingerprint density at radius 1 is 1.54 bits per heavy atom. The van der Waals surface area contributed by atoms with Crippen molar-refractivity contribution < 1.29 is 19.0 Å². The predicted molar refractivity (Wildman–Crippen MR) is 50.8 cm³/mol. The molecule has 0 saturated carbocycles. The first kappa shape index (κ1) is 12.6. The monoisotopic (exact) mass is 209 g/mol. The highest BCUT2D eigenvalue weighted by molar-refractivity contribution is 7.60. The van der Waals surface area contributed by atoms with Crippen LogP contribution in [0.3, 0.4) is 0 Å². The summed E-state index contributed by atoms with van der Waals surface area (Å²) in [5.41, 5.74) is 0.225. The Labute approximate surface area is 78.2 Å². The Kier molecular flexibility index (Phi) is 4.10. The van der Waals surface area contributed by atoms with E-state index in [1.165, 1.54) is 27.8 Å². The lowest BCUT2D eigenvalue weighted by atomic mass is 10.3. The van der Waals surface area contributed by atoms with Crippen LogP contribution in [0.25, 0.3) is 0 Å². The fraction of sp³-hybridized carbons (Fsp3) is 0.857. The molecule has 13 heavy (non-hydrogen) atoms. The van der Waals surface area contributed by atoms with Crippen LogP contribution < -0.4 is 0 Å². The van der Waals surface area contributed by atoms with Gasteiger partial charge < -0.3 is 14.5 Å². The van der Waals surface area contributed by atoms with Crippen molar-refractivity contribution in [1.82, 2.24) is 0 Å². The molecule has 78 valence electrons. The zero-order chi connectivity index (χ0) is 10.7. The van der Waals surface area contributed by atoms with Gasteiger partial charge in [0, 0.05) is 20.9 Å². The molecule has 0 radical (unpaired) electrons. The molecule has 0 bridgehead atoms. The Balaban J connectivity index is 5.18. The van der Waals surface area contributed by atoms with Gasteiger partial charge in [-0.1, -0.05) is 5.16 Å². The molecule has 0 aromatic rings. The van der Waals surface area contributed by atoms with Gasteiger partial charge >= 0.3 is 0 Å². The first-order chi connectivity index (χ1) is 5.85. The van der Waals surface area contributed by atoms with Gasteiger partial charge in [-0.05, 0) is 13.8 Å². The molecule has 0 aromatic carbocycles. The number of oxime groups is 1. The van der Waals surface area contributed by atoms with E-state index in [1.54, 1.807) is 6.92 Å². The lowest BCUT2D eigenvalue weighted by Crippen LogP contribution is -2.35. The average Bonchev–Trinajstić information content (AvgIpc) is 2.14. The van der Waals surface area contributed by atoms with Crippen LogP contribution in [0.15, 0.2) is 5.16 Å². The standard InChI is InChI=1S/C7H16NO4P/c1-6(8-9)7(2,11-3)13(5,10)12-4/h9H,1-5H3/b8-6+. The largest absolute Gasteiger partial charge is 0.411 e. The maximum absolute atomic E-state index is 11.9. The molecule has 0 aliphatic heterocycles. The summed E-state index contributed by atoms with van der Waals surface area (Å²) in [6.45, 7) is 4.52. The van der Waals surface area contributed by atoms with Crippen LogP contribution >= 0.6 is 7.37 Å². The van der Waals surface area contributed by atoms with Crippen LogP contribution in [0.4, 0.5) is 0 Å². The Hall–Kier alpha value is -0.380. The summed E-state index contributed by atoms with van der Waals surface area (Å²) in [6.07, 6.45) is 0. The Morgan fingerprint density at radius 3 is 2.23 bits per heavy atom. The number of rotatable bonds is 4. The highest BCUT2D eigenvalue weighted by Gasteiger charge is 2.44. The Morgan fingerprint density at radius 2 is 2.00 bits per heavy atom. The minimum atomic E-state index is -2.98. The maximum Gasteiger partial charge on any atom is 0.236 e. The summed E-state index contributed by atoms with van der Waals surface area (Å²) in [4.78, 5) is 0. The van der Waals surface area contributed by atoms with E-state index in [0.29, 0.717) is 0 Å². The third kappa shape index (κ3) is 2.10. The van der Waals surface area contributed by atoms with Crippen molar-refractivity contribution in [2.24, 2.45) is 5.16 Å². The molecule has 0 rings (SSSR count). The SMILES string of the molecule is COC(C)(/C(C)=N/O)P(C)(=O)OC. The molecule has 0 saturated heterocycles. The van der Waals surface area contributed by atoms with Gasteiger partial charge in [-0.2, -0.15) is 0 Å². The van der Waals surface area contributed by atoms with Crippen LogP contribution in [-0.2, 0) is 13.8 Å². The second-order valence-corrected chi connectivity index (χ2v) is 5.81. The molecule has 2 atom stereocenters. The summed E-state index contributed by atoms with van der Waals surface area (Å²) in [5, 5.41) is 10.4. The van der Waals surface area contributed by atoms with Crippen molar-refractivity contribution in [3.63, 3.8) is 0 Å². The van der Waals surface area contributed by atoms with E-state index in [-0.39, 0.29) is 5.71 Å². The summed E-state index contributed by atoms with van der Waals surface area (Å²) in [6, 6.07) is 0. The molecule has 5 nitrogen and oxygen atoms in total. The van der Waals surface area contributed by atoms with Gasteiger partial charge in [0.2, 0.25) is 7.37 Å². The van der Waals surface area contributed by atoms with E-state index in [1.807, 2.05) is 0 Å². The molecular formula is C7H16NO4P. The molecule has 0 heterocycles. The predicted octanol–water partition coefficient (Wildman–Crippen LogP) is 1.75. The Bertz CT molecular complexity index is 253. The third-order valence-corrected chi connectivity index (χ3v) is 5.10. The van der Waals surface area contributed by atoms with Gasteiger partial charge in [0.05, 0.1) is 5.71 Å². The van der Waals surface area contributed by atoms with E-state index >= 15 is 0 Å². The summed E-state index contributed by atoms with van der Waals surface area (Å²) in [7, 11) is -0.252. The molecule has 6 heteroatoms. The van der Waals surface area contributed by atoms with E-state index in [2.05, 4.69) is 5.16 Å². The van der Waals surface area contributed by atoms with Crippen molar-refractivity contribution in [2.45, 2.75) is 19.2 Å². The number of ether oxygens (including phenoxy) is 1. The average molecular weight is 209 g/mol. The zero-order valence-corrected chi connectivity index (χ0v) is 9.46. The summed E-state index contributed by atoms with van der Waals surface area (Å²) < 4.78 is 21.8. The first-order valence-electron chi connectivity index (χ1n) is 3.73. The van der Waals surface area contributed by atoms with Crippen molar-refractivity contribution >= 4 is 13.1 Å². The van der Waals surface area contributed by atoms with Crippen molar-refractivity contribution in [1.29, 1.82) is 0 Å². The summed E-state index contributed by atoms with van der Waals surface area (Å²) >= 11 is 0. The fourth-order valence-corrected chi connectivity index (χ4v) is 2.19. The minimum Gasteiger partial charge on any atom is -0.411 e. The molecule has 0 aliphatic carbocycles. The molecule has 0 spiro atoms. The highest BCUT2D eigenvalue weighted by Crippen LogP contribution is 2.56. The van der Waals surface area contributed by atoms with Gasteiger partial charge in [-0.25, -0.2) is 0 Å². The number of methoxy groups -OCH3 is 1. The van der Waals surface area contributed by atoms with Crippen LogP contribution in [0, 0.1) is 0 Å². The van der Waals surface area contributed by atoms with E-state index in [4.69, 9.17) is 14.5 Å². The molecule has 2 unspecified atom stereocenters. The van der Waals surface area contributed by atoms with Gasteiger partial charge in [0.25, 0.3) is 0 Å². The lowest BCUT2D eigenvalue weighted by Gasteiger charge is -2.31. The normalized spacial score (nSPS) is 22.1. The van der Waals surface area contributed by atoms with Crippen molar-refractivity contribution in [3.05, 3.63) is 0 Å². The van der Waals surface area contributed by atoms with Crippen molar-refractivity contribution in [3.8, 4) is 0 Å². The number of nitrogens with zero attached hydrogens (tertiary/aromatic N) is 1. The number of hydrogen-bond acceptors (Lipinski definition) is 5. The van der Waals surface area contributed by atoms with Gasteiger partial charge in [-0.3, -0.25) is 4.57 Å². The van der Waals surface area contributed by atoms with E-state index < -0.39 is 12.7 Å². The molecule has 0 amide bonds. The topological polar surface area (TPSA) is 68.1 Å². The van der Waals surface area contributed by atoms with Gasteiger partial charge in [0.1, 0.15) is 0 Å². The summed E-state index contributed by atoms with van der Waals surface area (Å²) in [5.74, 6) is 0. The van der Waals surface area contributed by atoms with Crippen LogP contribution in [0.1, 0.15) is 13.8 Å². The van der Waals surface area contributed by atoms with Crippen LogP contribution in [0.2, 0.25) is 0 Å². The van der Waals surface area contributed by atoms with Crippen LogP contribution in [-0.4, -0.2) is 37.1 Å². The molecule has 0 aromatic heterocycles. The van der Waals surface area contributed by atoms with Crippen molar-refractivity contribution in [2.75, 3.05) is 20.9 Å². The van der Waals surface area contributed by atoms with Gasteiger partial charge in [0.15, 0.2) is 5.34 Å². The lowest BCUT2D eigenvalue weighted by molar-refractivity contribution is 0.114. The fourth-order valence-electron chi connectivity index (χ4n) is 0.874. The second-order valence-electron chi connectivity index (χ2n) is 2.90. The third-order valence-electron chi connectivity index (χ3n) is 2.34. The number of hydrogen-bond donors (Lipinski definition) is 1. The minimum absolute atomic E-state index is 0.225. The molecule has 0 aliphatic rings. The molecule has 0 fully saturated rings. The zero-order valence-electron chi connectivity index (χ0n) is 8.57. The van der Waals surface area contributed by atoms with E-state index in [9.17, 15) is 4.57 Å². The van der Waals surface area contributed by atoms with Crippen LogP contribution in [0.5, 0.6) is 0 Å². The second kappa shape index (κ2) is 4.22. The molecule has 1 N–H and O–H groups in total. The van der Waals surface area contributed by atoms with E-state index in [0.717, 1.165) is 0 Å². The quantitative estimate of drug-likeness (QED) is 0.331. The first-order valence-corrected chi connectivity index (χ1v) is 5.80. The smallest absolute Gasteiger partial charge is 0.236 e. The molecular weight excluding hydrogens is 193 g/mol.